The smallest absolute Gasteiger partial charge is 0.326 e. The Morgan fingerprint density at radius 3 is 2.22 bits per heavy atom. The van der Waals surface area contributed by atoms with Gasteiger partial charge in [0.25, 0.3) is 0 Å². The molecule has 0 fully saturated rings. The topological polar surface area (TPSA) is 138 Å². The zero-order valence-corrected chi connectivity index (χ0v) is 10.1. The van der Waals surface area contributed by atoms with E-state index in [1.165, 1.54) is 0 Å². The first kappa shape index (κ1) is 16.1. The first-order valence-corrected chi connectivity index (χ1v) is 6.55. The van der Waals surface area contributed by atoms with Crippen LogP contribution in [0.15, 0.2) is 12.7 Å². The summed E-state index contributed by atoms with van der Waals surface area (Å²) in [4.78, 5) is 32.2. The summed E-state index contributed by atoms with van der Waals surface area (Å²) in [6, 6.07) is -1.66. The van der Waals surface area contributed by atoms with Crippen LogP contribution >= 0.6 is 0 Å². The van der Waals surface area contributed by atoms with Gasteiger partial charge >= 0.3 is 11.9 Å². The van der Waals surface area contributed by atoms with Gasteiger partial charge < -0.3 is 15.5 Å². The Hall–Kier alpha value is -1.90. The van der Waals surface area contributed by atoms with Crippen LogP contribution in [0.1, 0.15) is 6.42 Å². The zero-order valence-electron chi connectivity index (χ0n) is 9.33. The highest BCUT2D eigenvalue weighted by Crippen LogP contribution is 1.96. The van der Waals surface area contributed by atoms with Crippen LogP contribution in [0.25, 0.3) is 0 Å². The Morgan fingerprint density at radius 1 is 1.28 bits per heavy atom. The van der Waals surface area contributed by atoms with Crippen LogP contribution < -0.4 is 5.32 Å². The summed E-state index contributed by atoms with van der Waals surface area (Å²) in [6.45, 7) is 3.20. The van der Waals surface area contributed by atoms with Gasteiger partial charge in [0.2, 0.25) is 5.91 Å². The molecule has 0 aromatic rings. The van der Waals surface area contributed by atoms with Crippen molar-refractivity contribution in [3.8, 4) is 0 Å². The summed E-state index contributed by atoms with van der Waals surface area (Å²) >= 11 is 0. The second-order valence-electron chi connectivity index (χ2n) is 3.40. The van der Waals surface area contributed by atoms with E-state index in [4.69, 9.17) is 10.2 Å². The summed E-state index contributed by atoms with van der Waals surface area (Å²) in [5.41, 5.74) is 0. The van der Waals surface area contributed by atoms with Gasteiger partial charge in [-0.05, 0) is 0 Å². The monoisotopic (exact) mass is 279 g/mol. The quantitative estimate of drug-likeness (QED) is 0.466. The molecule has 0 aliphatic carbocycles. The molecule has 1 amide bonds. The number of carbonyl (C=O) groups is 3. The maximum atomic E-state index is 11.2. The second kappa shape index (κ2) is 6.74. The maximum Gasteiger partial charge on any atom is 0.326 e. The lowest BCUT2D eigenvalue weighted by Gasteiger charge is -2.12. The van der Waals surface area contributed by atoms with Crippen LogP contribution in [0.5, 0.6) is 0 Å². The van der Waals surface area contributed by atoms with Gasteiger partial charge in [-0.3, -0.25) is 9.59 Å². The molecule has 0 aromatic heterocycles. The Labute approximate surface area is 103 Å². The second-order valence-corrected chi connectivity index (χ2v) is 5.51. The fraction of sp³-hybridized carbons (Fsp3) is 0.444. The van der Waals surface area contributed by atoms with Gasteiger partial charge in [-0.2, -0.15) is 0 Å². The number of rotatable bonds is 8. The SMILES string of the molecule is C=CCS(=O)(=O)CC(=O)NC(CC(=O)O)C(=O)O. The average Bonchev–Trinajstić information content (AvgIpc) is 2.14. The Morgan fingerprint density at radius 2 is 1.83 bits per heavy atom. The molecule has 0 aliphatic rings. The molecule has 18 heavy (non-hydrogen) atoms. The van der Waals surface area contributed by atoms with Crippen LogP contribution in [0.4, 0.5) is 0 Å². The van der Waals surface area contributed by atoms with Crippen LogP contribution in [0, 0.1) is 0 Å². The number of carboxylic acid groups (broad SMARTS) is 2. The van der Waals surface area contributed by atoms with Crippen molar-refractivity contribution in [2.24, 2.45) is 0 Å². The van der Waals surface area contributed by atoms with Gasteiger partial charge in [-0.25, -0.2) is 13.2 Å². The van der Waals surface area contributed by atoms with Crippen molar-refractivity contribution in [1.29, 1.82) is 0 Å². The zero-order chi connectivity index (χ0) is 14.3. The minimum absolute atomic E-state index is 0.420. The summed E-state index contributed by atoms with van der Waals surface area (Å²) < 4.78 is 22.4. The van der Waals surface area contributed by atoms with Gasteiger partial charge in [0.1, 0.15) is 11.8 Å². The number of aliphatic carboxylic acids is 2. The van der Waals surface area contributed by atoms with Crippen molar-refractivity contribution in [2.75, 3.05) is 11.5 Å². The molecule has 8 nitrogen and oxygen atoms in total. The number of amides is 1. The fourth-order valence-corrected chi connectivity index (χ4v) is 2.01. The van der Waals surface area contributed by atoms with E-state index in [1.54, 1.807) is 0 Å². The third-order valence-electron chi connectivity index (χ3n) is 1.73. The molecule has 0 rings (SSSR count). The van der Waals surface area contributed by atoms with Crippen LogP contribution in [-0.2, 0) is 24.2 Å². The standard InChI is InChI=1S/C9H13NO7S/c1-2-3-18(16,17)5-7(11)10-6(9(14)15)4-8(12)13/h2,6H,1,3-5H2,(H,10,11)(H,12,13)(H,14,15). The van der Waals surface area contributed by atoms with Gasteiger partial charge in [0.05, 0.1) is 12.2 Å². The van der Waals surface area contributed by atoms with Crippen molar-refractivity contribution in [3.63, 3.8) is 0 Å². The van der Waals surface area contributed by atoms with Crippen LogP contribution in [0.3, 0.4) is 0 Å². The van der Waals surface area contributed by atoms with Crippen molar-refractivity contribution in [2.45, 2.75) is 12.5 Å². The van der Waals surface area contributed by atoms with E-state index in [1.807, 2.05) is 5.32 Å². The van der Waals surface area contributed by atoms with E-state index >= 15 is 0 Å². The lowest BCUT2D eigenvalue weighted by atomic mass is 10.2. The largest absolute Gasteiger partial charge is 0.481 e. The summed E-state index contributed by atoms with van der Waals surface area (Å²) in [6.07, 6.45) is 0.261. The molecule has 1 atom stereocenters. The molecule has 1 unspecified atom stereocenters. The molecule has 0 radical (unpaired) electrons. The first-order valence-electron chi connectivity index (χ1n) is 4.73. The fourth-order valence-electron chi connectivity index (χ4n) is 1.05. The molecular weight excluding hydrogens is 266 g/mol. The molecule has 102 valence electrons. The molecule has 0 spiro atoms. The van der Waals surface area contributed by atoms with Gasteiger partial charge in [-0.1, -0.05) is 6.08 Å². The van der Waals surface area contributed by atoms with E-state index in [2.05, 4.69) is 6.58 Å². The van der Waals surface area contributed by atoms with Crippen LogP contribution in [-0.4, -0.2) is 54.0 Å². The van der Waals surface area contributed by atoms with E-state index in [-0.39, 0.29) is 0 Å². The Bertz CT molecular complexity index is 454. The molecule has 0 saturated heterocycles. The number of carbonyl (C=O) groups excluding carboxylic acids is 1. The number of hydrogen-bond acceptors (Lipinski definition) is 5. The van der Waals surface area contributed by atoms with Crippen molar-refractivity contribution in [1.82, 2.24) is 5.32 Å². The number of carboxylic acids is 2. The summed E-state index contributed by atoms with van der Waals surface area (Å²) in [5, 5.41) is 18.9. The predicted molar refractivity (Wildman–Crippen MR) is 60.7 cm³/mol. The lowest BCUT2D eigenvalue weighted by Crippen LogP contribution is -2.44. The first-order chi connectivity index (χ1) is 8.18. The highest BCUT2D eigenvalue weighted by molar-refractivity contribution is 7.92. The minimum Gasteiger partial charge on any atom is -0.481 e. The van der Waals surface area contributed by atoms with Gasteiger partial charge in [-0.15, -0.1) is 6.58 Å². The Kier molecular flexibility index (Phi) is 6.03. The number of sulfone groups is 1. The highest BCUT2D eigenvalue weighted by Gasteiger charge is 2.25. The minimum atomic E-state index is -3.70. The number of nitrogens with one attached hydrogen (secondary N) is 1. The van der Waals surface area contributed by atoms with Gasteiger partial charge in [0.15, 0.2) is 9.84 Å². The van der Waals surface area contributed by atoms with Crippen LogP contribution in [0.2, 0.25) is 0 Å². The normalized spacial score (nSPS) is 12.4. The Balaban J connectivity index is 4.57. The van der Waals surface area contributed by atoms with E-state index < -0.39 is 51.7 Å². The van der Waals surface area contributed by atoms with Gasteiger partial charge in [0, 0.05) is 0 Å². The molecule has 0 heterocycles. The molecule has 9 heteroatoms. The van der Waals surface area contributed by atoms with Crippen molar-refractivity contribution in [3.05, 3.63) is 12.7 Å². The molecule has 3 N–H and O–H groups in total. The predicted octanol–water partition coefficient (Wildman–Crippen LogP) is -1.37. The summed E-state index contributed by atoms with van der Waals surface area (Å²) in [5.74, 6) is -5.37. The van der Waals surface area contributed by atoms with Crippen molar-refractivity contribution < 1.29 is 33.0 Å². The third kappa shape index (κ3) is 6.63. The molecule has 0 aliphatic heterocycles. The average molecular weight is 279 g/mol. The van der Waals surface area contributed by atoms with E-state index in [0.717, 1.165) is 6.08 Å². The molecule has 0 saturated carbocycles. The van der Waals surface area contributed by atoms with E-state index in [0.29, 0.717) is 0 Å². The maximum absolute atomic E-state index is 11.2. The van der Waals surface area contributed by atoms with Crippen molar-refractivity contribution >= 4 is 27.7 Å². The lowest BCUT2D eigenvalue weighted by molar-refractivity contribution is -0.147. The molecular formula is C9H13NO7S. The molecule has 0 bridgehead atoms. The number of hydrogen-bond donors (Lipinski definition) is 3. The highest BCUT2D eigenvalue weighted by atomic mass is 32.2. The molecule has 0 aromatic carbocycles. The van der Waals surface area contributed by atoms with E-state index in [9.17, 15) is 22.8 Å². The summed E-state index contributed by atoms with van der Waals surface area (Å²) in [7, 11) is -3.70. The third-order valence-corrected chi connectivity index (χ3v) is 3.18.